The van der Waals surface area contributed by atoms with E-state index >= 15 is 0 Å². The van der Waals surface area contributed by atoms with Gasteiger partial charge in [-0.25, -0.2) is 0 Å². The van der Waals surface area contributed by atoms with Crippen LogP contribution in [0.15, 0.2) is 41.8 Å². The Morgan fingerprint density at radius 2 is 1.85 bits per heavy atom. The highest BCUT2D eigenvalue weighted by Gasteiger charge is 2.47. The summed E-state index contributed by atoms with van der Waals surface area (Å²) in [5, 5.41) is 5.14. The summed E-state index contributed by atoms with van der Waals surface area (Å²) >= 11 is 1.66. The van der Waals surface area contributed by atoms with Crippen molar-refractivity contribution >= 4 is 23.2 Å². The van der Waals surface area contributed by atoms with Crippen molar-refractivity contribution < 1.29 is 19.1 Å². The summed E-state index contributed by atoms with van der Waals surface area (Å²) in [5.74, 6) is 1.05. The molecule has 0 radical (unpaired) electrons. The van der Waals surface area contributed by atoms with Crippen molar-refractivity contribution in [2.75, 3.05) is 47.0 Å². The second kappa shape index (κ2) is 11.3. The van der Waals surface area contributed by atoms with E-state index in [1.54, 1.807) is 18.4 Å². The van der Waals surface area contributed by atoms with Gasteiger partial charge in [0.25, 0.3) is 0 Å². The number of benzene rings is 1. The molecule has 2 fully saturated rings. The molecule has 1 spiro atoms. The highest BCUT2D eigenvalue weighted by Crippen LogP contribution is 2.42. The number of thiophene rings is 1. The molecule has 184 valence electrons. The van der Waals surface area contributed by atoms with E-state index in [4.69, 9.17) is 9.47 Å². The molecule has 1 aromatic heterocycles. The van der Waals surface area contributed by atoms with Crippen LogP contribution in [0, 0.1) is 5.41 Å². The number of carbonyl (C=O) groups excluding carboxylic acids is 2. The Bertz CT molecular complexity index is 939. The lowest BCUT2D eigenvalue weighted by Crippen LogP contribution is -2.45. The summed E-state index contributed by atoms with van der Waals surface area (Å²) in [6.45, 7) is 4.31. The van der Waals surface area contributed by atoms with Crippen molar-refractivity contribution in [1.82, 2.24) is 15.1 Å². The van der Waals surface area contributed by atoms with Crippen molar-refractivity contribution in [1.29, 1.82) is 0 Å². The van der Waals surface area contributed by atoms with Gasteiger partial charge in [0.2, 0.25) is 11.8 Å². The van der Waals surface area contributed by atoms with E-state index in [9.17, 15) is 9.59 Å². The molecule has 1 unspecified atom stereocenters. The van der Waals surface area contributed by atoms with E-state index in [1.165, 1.54) is 7.11 Å². The molecule has 1 atom stereocenters. The standard InChI is InChI=1S/C26H35N3O4S/c1-32-19-24(30)27-22(23-4-3-17-34-23)9-13-28-14-10-26(11-15-28)12-16-29(25(26)31)18-20-5-7-21(33-2)8-6-20/h3-8,17,22H,9-16,18-19H2,1-2H3,(H,27,30). The Morgan fingerprint density at radius 3 is 2.50 bits per heavy atom. The molecule has 1 aromatic carbocycles. The first-order valence-electron chi connectivity index (χ1n) is 12.0. The molecule has 7 nitrogen and oxygen atoms in total. The first-order chi connectivity index (χ1) is 16.5. The number of ether oxygens (including phenoxy) is 2. The Hall–Kier alpha value is -2.42. The number of hydrogen-bond donors (Lipinski definition) is 1. The molecular weight excluding hydrogens is 450 g/mol. The number of methoxy groups -OCH3 is 2. The third-order valence-electron chi connectivity index (χ3n) is 7.18. The lowest BCUT2D eigenvalue weighted by atomic mass is 9.77. The van der Waals surface area contributed by atoms with E-state index in [1.807, 2.05) is 40.6 Å². The van der Waals surface area contributed by atoms with Crippen LogP contribution in [0.5, 0.6) is 5.75 Å². The van der Waals surface area contributed by atoms with Crippen LogP contribution >= 0.6 is 11.3 Å². The molecule has 0 saturated carbocycles. The fourth-order valence-corrected chi connectivity index (χ4v) is 5.93. The molecule has 8 heteroatoms. The maximum Gasteiger partial charge on any atom is 0.246 e. The van der Waals surface area contributed by atoms with E-state index in [-0.39, 0.29) is 24.0 Å². The highest BCUT2D eigenvalue weighted by molar-refractivity contribution is 7.10. The van der Waals surface area contributed by atoms with E-state index < -0.39 is 0 Å². The Morgan fingerprint density at radius 1 is 1.12 bits per heavy atom. The lowest BCUT2D eigenvalue weighted by molar-refractivity contribution is -0.139. The van der Waals surface area contributed by atoms with Gasteiger partial charge >= 0.3 is 0 Å². The number of hydrogen-bond acceptors (Lipinski definition) is 6. The minimum Gasteiger partial charge on any atom is -0.497 e. The molecule has 0 bridgehead atoms. The number of amides is 2. The molecule has 1 N–H and O–H groups in total. The summed E-state index contributed by atoms with van der Waals surface area (Å²) in [6.07, 6.45) is 3.61. The van der Waals surface area contributed by atoms with Crippen LogP contribution < -0.4 is 10.1 Å². The topological polar surface area (TPSA) is 71.1 Å². The molecular formula is C26H35N3O4S. The minimum atomic E-state index is -0.206. The molecule has 2 amide bonds. The molecule has 4 rings (SSSR count). The number of carbonyl (C=O) groups is 2. The van der Waals surface area contributed by atoms with Crippen LogP contribution in [-0.2, 0) is 20.9 Å². The smallest absolute Gasteiger partial charge is 0.246 e. The monoisotopic (exact) mass is 485 g/mol. The van der Waals surface area contributed by atoms with Crippen molar-refractivity contribution in [2.45, 2.75) is 38.3 Å². The van der Waals surface area contributed by atoms with Gasteiger partial charge in [-0.15, -0.1) is 11.3 Å². The number of nitrogens with one attached hydrogen (secondary N) is 1. The lowest BCUT2D eigenvalue weighted by Gasteiger charge is -2.38. The molecule has 34 heavy (non-hydrogen) atoms. The molecule has 2 saturated heterocycles. The minimum absolute atomic E-state index is 0.00774. The van der Waals surface area contributed by atoms with Gasteiger partial charge in [0, 0.05) is 31.6 Å². The predicted molar refractivity (Wildman–Crippen MR) is 133 cm³/mol. The first-order valence-corrected chi connectivity index (χ1v) is 12.9. The van der Waals surface area contributed by atoms with Crippen molar-refractivity contribution in [3.05, 3.63) is 52.2 Å². The summed E-state index contributed by atoms with van der Waals surface area (Å²) in [4.78, 5) is 31.1. The Kier molecular flexibility index (Phi) is 8.24. The largest absolute Gasteiger partial charge is 0.497 e. The molecule has 2 aliphatic heterocycles. The quantitative estimate of drug-likeness (QED) is 0.558. The Labute approximate surface area is 206 Å². The Balaban J connectivity index is 1.28. The van der Waals surface area contributed by atoms with Crippen molar-refractivity contribution in [3.8, 4) is 5.75 Å². The van der Waals surface area contributed by atoms with Crippen LogP contribution in [0.2, 0.25) is 0 Å². The number of likely N-dealkylation sites (tertiary alicyclic amines) is 2. The van der Waals surface area contributed by atoms with Gasteiger partial charge in [0.15, 0.2) is 0 Å². The van der Waals surface area contributed by atoms with Gasteiger partial charge in [-0.1, -0.05) is 18.2 Å². The second-order valence-electron chi connectivity index (χ2n) is 9.30. The van der Waals surface area contributed by atoms with Gasteiger partial charge in [-0.3, -0.25) is 9.59 Å². The van der Waals surface area contributed by atoms with E-state index in [0.717, 1.165) is 68.1 Å². The van der Waals surface area contributed by atoms with Gasteiger partial charge in [-0.05, 0) is 67.9 Å². The average molecular weight is 486 g/mol. The maximum absolute atomic E-state index is 13.3. The normalized spacial score (nSPS) is 18.9. The van der Waals surface area contributed by atoms with E-state index in [0.29, 0.717) is 12.5 Å². The highest BCUT2D eigenvalue weighted by atomic mass is 32.1. The van der Waals surface area contributed by atoms with Crippen LogP contribution in [0.4, 0.5) is 0 Å². The van der Waals surface area contributed by atoms with Crippen LogP contribution in [0.25, 0.3) is 0 Å². The number of rotatable bonds is 10. The maximum atomic E-state index is 13.3. The zero-order chi connectivity index (χ0) is 24.0. The third kappa shape index (κ3) is 5.79. The fraction of sp³-hybridized carbons (Fsp3) is 0.538. The predicted octanol–water partition coefficient (Wildman–Crippen LogP) is 3.47. The number of nitrogens with zero attached hydrogens (tertiary/aromatic N) is 2. The summed E-state index contributed by atoms with van der Waals surface area (Å²) < 4.78 is 10.2. The summed E-state index contributed by atoms with van der Waals surface area (Å²) in [6, 6.07) is 12.1. The zero-order valence-electron chi connectivity index (χ0n) is 20.1. The van der Waals surface area contributed by atoms with Gasteiger partial charge in [-0.2, -0.15) is 0 Å². The summed E-state index contributed by atoms with van der Waals surface area (Å²) in [7, 11) is 3.20. The van der Waals surface area contributed by atoms with Gasteiger partial charge in [0.05, 0.1) is 18.6 Å². The first kappa shape index (κ1) is 24.7. The SMILES string of the molecule is COCC(=O)NC(CCN1CCC2(CC1)CCN(Cc1ccc(OC)cc1)C2=O)c1cccs1. The molecule has 3 heterocycles. The number of piperidine rings is 1. The van der Waals surface area contributed by atoms with Gasteiger partial charge < -0.3 is 24.6 Å². The van der Waals surface area contributed by atoms with Gasteiger partial charge in [0.1, 0.15) is 12.4 Å². The summed E-state index contributed by atoms with van der Waals surface area (Å²) in [5.41, 5.74) is 0.932. The van der Waals surface area contributed by atoms with E-state index in [2.05, 4.69) is 16.3 Å². The van der Waals surface area contributed by atoms with Crippen LogP contribution in [0.1, 0.15) is 42.2 Å². The van der Waals surface area contributed by atoms with Crippen LogP contribution in [0.3, 0.4) is 0 Å². The zero-order valence-corrected chi connectivity index (χ0v) is 20.9. The third-order valence-corrected chi connectivity index (χ3v) is 8.16. The molecule has 0 aliphatic carbocycles. The van der Waals surface area contributed by atoms with Crippen LogP contribution in [-0.4, -0.2) is 68.6 Å². The molecule has 2 aliphatic rings. The van der Waals surface area contributed by atoms with Crippen molar-refractivity contribution in [3.63, 3.8) is 0 Å². The average Bonchev–Trinajstić information content (AvgIpc) is 3.49. The second-order valence-corrected chi connectivity index (χ2v) is 10.3. The fourth-order valence-electron chi connectivity index (χ4n) is 5.12. The van der Waals surface area contributed by atoms with Crippen molar-refractivity contribution in [2.24, 2.45) is 5.41 Å². The molecule has 2 aromatic rings.